The van der Waals surface area contributed by atoms with E-state index in [0.29, 0.717) is 18.0 Å². The van der Waals surface area contributed by atoms with Crippen molar-refractivity contribution in [1.29, 1.82) is 0 Å². The number of fused-ring (bicyclic) bond motifs is 1. The van der Waals surface area contributed by atoms with Gasteiger partial charge in [-0.05, 0) is 49.9 Å². The van der Waals surface area contributed by atoms with E-state index in [4.69, 9.17) is 9.52 Å². The molecule has 0 radical (unpaired) electrons. The fraction of sp³-hybridized carbons (Fsp3) is 0.444. The second kappa shape index (κ2) is 9.12. The SMILES string of the molecule is CCc1ccc(-c2cc3n(n2)CC(C)(C(=O)NC2CCCCC2)N(Cc2ccco2)C3=O)cc1. The lowest BCUT2D eigenvalue weighted by molar-refractivity contribution is -0.134. The van der Waals surface area contributed by atoms with Crippen molar-refractivity contribution in [3.8, 4) is 11.3 Å². The molecule has 1 aromatic carbocycles. The number of furan rings is 1. The molecule has 3 aromatic rings. The lowest BCUT2D eigenvalue weighted by Crippen LogP contribution is -2.64. The van der Waals surface area contributed by atoms with Gasteiger partial charge in [-0.25, -0.2) is 0 Å². The van der Waals surface area contributed by atoms with Crippen molar-refractivity contribution in [3.05, 3.63) is 65.7 Å². The van der Waals surface area contributed by atoms with Gasteiger partial charge in [-0.2, -0.15) is 5.10 Å². The Kier molecular flexibility index (Phi) is 6.02. The van der Waals surface area contributed by atoms with Gasteiger partial charge in [0, 0.05) is 11.6 Å². The fourth-order valence-corrected chi connectivity index (χ4v) is 5.09. The van der Waals surface area contributed by atoms with Crippen molar-refractivity contribution < 1.29 is 14.0 Å². The van der Waals surface area contributed by atoms with Gasteiger partial charge < -0.3 is 14.6 Å². The molecule has 1 saturated carbocycles. The normalized spacial score (nSPS) is 20.9. The van der Waals surface area contributed by atoms with Crippen LogP contribution in [0.5, 0.6) is 0 Å². The molecule has 2 amide bonds. The van der Waals surface area contributed by atoms with Crippen molar-refractivity contribution in [2.45, 2.75) is 77.0 Å². The summed E-state index contributed by atoms with van der Waals surface area (Å²) in [7, 11) is 0. The molecule has 5 rings (SSSR count). The monoisotopic (exact) mass is 460 g/mol. The molecule has 0 bridgehead atoms. The number of rotatable bonds is 6. The molecule has 0 saturated heterocycles. The molecule has 1 fully saturated rings. The zero-order valence-corrected chi connectivity index (χ0v) is 19.9. The smallest absolute Gasteiger partial charge is 0.273 e. The summed E-state index contributed by atoms with van der Waals surface area (Å²) in [5, 5.41) is 7.99. The number of hydrogen-bond acceptors (Lipinski definition) is 4. The number of aryl methyl sites for hydroxylation is 1. The summed E-state index contributed by atoms with van der Waals surface area (Å²) < 4.78 is 7.24. The average molecular weight is 461 g/mol. The first-order valence-corrected chi connectivity index (χ1v) is 12.3. The van der Waals surface area contributed by atoms with Gasteiger partial charge >= 0.3 is 0 Å². The van der Waals surface area contributed by atoms with Gasteiger partial charge in [-0.3, -0.25) is 14.3 Å². The number of nitrogens with zero attached hydrogens (tertiary/aromatic N) is 3. The molecule has 2 aromatic heterocycles. The van der Waals surface area contributed by atoms with Crippen LogP contribution in [-0.2, 0) is 24.3 Å². The molecule has 1 unspecified atom stereocenters. The van der Waals surface area contributed by atoms with Crippen LogP contribution in [0.15, 0.2) is 53.1 Å². The van der Waals surface area contributed by atoms with Crippen LogP contribution in [-0.4, -0.2) is 38.1 Å². The maximum Gasteiger partial charge on any atom is 0.273 e. The molecule has 3 heterocycles. The predicted molar refractivity (Wildman–Crippen MR) is 129 cm³/mol. The van der Waals surface area contributed by atoms with E-state index in [-0.39, 0.29) is 24.4 Å². The maximum absolute atomic E-state index is 13.7. The van der Waals surface area contributed by atoms with Crippen molar-refractivity contribution in [3.63, 3.8) is 0 Å². The number of hydrogen-bond donors (Lipinski definition) is 1. The first-order chi connectivity index (χ1) is 16.5. The number of amides is 2. The zero-order valence-electron chi connectivity index (χ0n) is 19.9. The Labute approximate surface area is 200 Å². The van der Waals surface area contributed by atoms with Crippen molar-refractivity contribution in [2.24, 2.45) is 0 Å². The Hall–Kier alpha value is -3.35. The molecule has 0 spiro atoms. The summed E-state index contributed by atoms with van der Waals surface area (Å²) >= 11 is 0. The zero-order chi connectivity index (χ0) is 23.7. The summed E-state index contributed by atoms with van der Waals surface area (Å²) in [5.74, 6) is 0.301. The first kappa shape index (κ1) is 22.4. The molecule has 1 aliphatic heterocycles. The lowest BCUT2D eigenvalue weighted by atomic mass is 9.91. The molecular formula is C27H32N4O3. The molecule has 34 heavy (non-hydrogen) atoms. The van der Waals surface area contributed by atoms with Crippen LogP contribution in [0.4, 0.5) is 0 Å². The Morgan fingerprint density at radius 1 is 1.18 bits per heavy atom. The third kappa shape index (κ3) is 4.15. The third-order valence-electron chi connectivity index (χ3n) is 7.28. The first-order valence-electron chi connectivity index (χ1n) is 12.3. The number of benzene rings is 1. The topological polar surface area (TPSA) is 80.4 Å². The van der Waals surface area contributed by atoms with Gasteiger partial charge in [0.05, 0.1) is 25.0 Å². The predicted octanol–water partition coefficient (Wildman–Crippen LogP) is 4.57. The highest BCUT2D eigenvalue weighted by Crippen LogP contribution is 2.32. The van der Waals surface area contributed by atoms with E-state index < -0.39 is 5.54 Å². The van der Waals surface area contributed by atoms with Crippen LogP contribution >= 0.6 is 0 Å². The lowest BCUT2D eigenvalue weighted by Gasteiger charge is -2.43. The molecule has 7 nitrogen and oxygen atoms in total. The third-order valence-corrected chi connectivity index (χ3v) is 7.28. The van der Waals surface area contributed by atoms with Crippen LogP contribution in [0, 0.1) is 0 Å². The van der Waals surface area contributed by atoms with Crippen molar-refractivity contribution in [1.82, 2.24) is 20.0 Å². The largest absolute Gasteiger partial charge is 0.467 e. The minimum atomic E-state index is -1.08. The number of aromatic nitrogens is 2. The van der Waals surface area contributed by atoms with Crippen LogP contribution < -0.4 is 5.32 Å². The Morgan fingerprint density at radius 3 is 2.62 bits per heavy atom. The van der Waals surface area contributed by atoms with Crippen molar-refractivity contribution in [2.75, 3.05) is 0 Å². The Balaban J connectivity index is 1.48. The molecular weight excluding hydrogens is 428 g/mol. The van der Waals surface area contributed by atoms with Gasteiger partial charge in [0.15, 0.2) is 0 Å². The number of nitrogens with one attached hydrogen (secondary N) is 1. The summed E-state index contributed by atoms with van der Waals surface area (Å²) in [6, 6.07) is 13.9. The standard InChI is InChI=1S/C27H32N4O3/c1-3-19-11-13-20(14-12-19)23-16-24-25(32)30(17-22-10-7-15-34-22)27(2,18-31(24)29-23)26(33)28-21-8-5-4-6-9-21/h7,10-16,21H,3-6,8-9,17-18H2,1-2H3,(H,28,33). The molecule has 2 aliphatic rings. The molecule has 1 N–H and O–H groups in total. The summed E-state index contributed by atoms with van der Waals surface area (Å²) in [5.41, 5.74) is 2.35. The highest BCUT2D eigenvalue weighted by Gasteiger charge is 2.48. The second-order valence-electron chi connectivity index (χ2n) is 9.68. The van der Waals surface area contributed by atoms with Crippen LogP contribution in [0.1, 0.15) is 67.8 Å². The van der Waals surface area contributed by atoms with E-state index in [1.54, 1.807) is 21.9 Å². The number of carbonyl (C=O) groups excluding carboxylic acids is 2. The van der Waals surface area contributed by atoms with E-state index >= 15 is 0 Å². The Morgan fingerprint density at radius 2 is 1.94 bits per heavy atom. The molecule has 7 heteroatoms. The van der Waals surface area contributed by atoms with Crippen molar-refractivity contribution >= 4 is 11.8 Å². The quantitative estimate of drug-likeness (QED) is 0.584. The molecule has 1 atom stereocenters. The maximum atomic E-state index is 13.7. The highest BCUT2D eigenvalue weighted by atomic mass is 16.3. The van der Waals surface area contributed by atoms with Gasteiger partial charge in [0.25, 0.3) is 5.91 Å². The highest BCUT2D eigenvalue weighted by molar-refractivity contribution is 6.00. The Bertz CT molecular complexity index is 1160. The van der Waals surface area contributed by atoms with Gasteiger partial charge in [0.2, 0.25) is 5.91 Å². The summed E-state index contributed by atoms with van der Waals surface area (Å²) in [6.45, 7) is 4.48. The molecule has 178 valence electrons. The molecule has 1 aliphatic carbocycles. The second-order valence-corrected chi connectivity index (χ2v) is 9.68. The fourth-order valence-electron chi connectivity index (χ4n) is 5.09. The van der Waals surface area contributed by atoms with E-state index in [9.17, 15) is 9.59 Å². The minimum Gasteiger partial charge on any atom is -0.467 e. The number of carbonyl (C=O) groups is 2. The van der Waals surface area contributed by atoms with Gasteiger partial charge in [-0.1, -0.05) is 50.5 Å². The average Bonchev–Trinajstić information content (AvgIpc) is 3.52. The van der Waals surface area contributed by atoms with Crippen LogP contribution in [0.3, 0.4) is 0 Å². The van der Waals surface area contributed by atoms with E-state index in [1.165, 1.54) is 12.0 Å². The van der Waals surface area contributed by atoms with E-state index in [2.05, 4.69) is 24.4 Å². The van der Waals surface area contributed by atoms with Crippen LogP contribution in [0.25, 0.3) is 11.3 Å². The van der Waals surface area contributed by atoms with Gasteiger partial charge in [-0.15, -0.1) is 0 Å². The minimum absolute atomic E-state index is 0.130. The summed E-state index contributed by atoms with van der Waals surface area (Å²) in [4.78, 5) is 29.0. The van der Waals surface area contributed by atoms with Crippen LogP contribution in [0.2, 0.25) is 0 Å². The summed E-state index contributed by atoms with van der Waals surface area (Å²) in [6.07, 6.45) is 7.99. The van der Waals surface area contributed by atoms with Gasteiger partial charge in [0.1, 0.15) is 17.0 Å². The van der Waals surface area contributed by atoms with E-state index in [0.717, 1.165) is 43.4 Å². The van der Waals surface area contributed by atoms with E-state index in [1.807, 2.05) is 31.2 Å².